The zero-order valence-electron chi connectivity index (χ0n) is 29.6. The van der Waals surface area contributed by atoms with Crippen LogP contribution in [0.15, 0.2) is 72.8 Å². The number of carbonyl (C=O) groups excluding carboxylic acids is 9. The SMILES string of the molecule is O=C1CCC(N2C(=O)c3ccccc3C2=O)C(=O)N1.O=C1NC(=S)CCC1N1C(=O)c2ccccc2C1=O.O=C1c2ccccc2C(=O)N1C1CCC(=S)NC1=S. The first-order chi connectivity index (χ1) is 27.3. The van der Waals surface area contributed by atoms with E-state index in [2.05, 4.69) is 16.0 Å². The molecule has 3 aromatic rings. The Morgan fingerprint density at radius 2 is 0.702 bits per heavy atom. The Morgan fingerprint density at radius 3 is 1.04 bits per heavy atom. The highest BCUT2D eigenvalue weighted by Crippen LogP contribution is 2.30. The summed E-state index contributed by atoms with van der Waals surface area (Å²) < 4.78 is 0. The Labute approximate surface area is 340 Å². The molecule has 3 fully saturated rings. The number of hydrogen-bond acceptors (Lipinski definition) is 12. The van der Waals surface area contributed by atoms with Gasteiger partial charge in [-0.1, -0.05) is 73.1 Å². The van der Waals surface area contributed by atoms with Gasteiger partial charge in [-0.2, -0.15) is 0 Å². The van der Waals surface area contributed by atoms with Crippen LogP contribution in [0.2, 0.25) is 0 Å². The van der Waals surface area contributed by atoms with Crippen molar-refractivity contribution in [3.05, 3.63) is 106 Å². The van der Waals surface area contributed by atoms with Gasteiger partial charge in [-0.05, 0) is 55.7 Å². The summed E-state index contributed by atoms with van der Waals surface area (Å²) >= 11 is 15.2. The summed E-state index contributed by atoms with van der Waals surface area (Å²) in [5, 5.41) is 7.56. The van der Waals surface area contributed by atoms with Gasteiger partial charge in [0, 0.05) is 19.3 Å². The van der Waals surface area contributed by atoms with E-state index in [4.69, 9.17) is 36.7 Å². The van der Waals surface area contributed by atoms with Crippen LogP contribution in [-0.2, 0) is 14.4 Å². The van der Waals surface area contributed by atoms with E-state index in [-0.39, 0.29) is 36.5 Å². The zero-order chi connectivity index (χ0) is 40.7. The fourth-order valence-electron chi connectivity index (χ4n) is 7.26. The summed E-state index contributed by atoms with van der Waals surface area (Å²) in [4.78, 5) is 113. The molecule has 288 valence electrons. The van der Waals surface area contributed by atoms with Gasteiger partial charge in [-0.3, -0.25) is 63.2 Å². The first-order valence-corrected chi connectivity index (χ1v) is 18.9. The number of thiocarbonyl (C=S) groups is 3. The Kier molecular flexibility index (Phi) is 10.8. The number of piperidine rings is 3. The minimum atomic E-state index is -0.898. The number of benzene rings is 3. The highest BCUT2D eigenvalue weighted by molar-refractivity contribution is 7.82. The van der Waals surface area contributed by atoms with Gasteiger partial charge in [0.1, 0.15) is 17.1 Å². The van der Waals surface area contributed by atoms with Gasteiger partial charge in [0.25, 0.3) is 35.4 Å². The molecular formula is C39H30N6O9S3. The molecule has 0 aromatic heterocycles. The molecule has 6 aliphatic heterocycles. The molecule has 3 atom stereocenters. The lowest BCUT2D eigenvalue weighted by molar-refractivity contribution is -0.136. The average molecular weight is 823 g/mol. The van der Waals surface area contributed by atoms with E-state index in [9.17, 15) is 43.2 Å². The smallest absolute Gasteiger partial charge is 0.262 e. The van der Waals surface area contributed by atoms with E-state index >= 15 is 0 Å². The Bertz CT molecular complexity index is 2030. The third-order valence-electron chi connectivity index (χ3n) is 10.0. The lowest BCUT2D eigenvalue weighted by Gasteiger charge is -2.31. The summed E-state index contributed by atoms with van der Waals surface area (Å²) in [6.45, 7) is 0. The lowest BCUT2D eigenvalue weighted by atomic mass is 10.0. The van der Waals surface area contributed by atoms with Gasteiger partial charge in [0.05, 0.1) is 49.4 Å². The second-order valence-electron chi connectivity index (χ2n) is 13.5. The van der Waals surface area contributed by atoms with Gasteiger partial charge in [-0.15, -0.1) is 0 Å². The molecule has 0 spiro atoms. The van der Waals surface area contributed by atoms with Crippen molar-refractivity contribution in [2.75, 3.05) is 0 Å². The largest absolute Gasteiger partial charge is 0.343 e. The van der Waals surface area contributed by atoms with Crippen molar-refractivity contribution in [3.8, 4) is 0 Å². The first kappa shape index (κ1) is 39.0. The molecule has 3 unspecified atom stereocenters. The van der Waals surface area contributed by atoms with Crippen LogP contribution in [0.5, 0.6) is 0 Å². The topological polar surface area (TPSA) is 199 Å². The summed E-state index contributed by atoms with van der Waals surface area (Å²) in [7, 11) is 0. The minimum Gasteiger partial charge on any atom is -0.343 e. The molecule has 6 heterocycles. The number of amides is 9. The molecule has 57 heavy (non-hydrogen) atoms. The average Bonchev–Trinajstić information content (AvgIpc) is 3.71. The Morgan fingerprint density at radius 1 is 0.404 bits per heavy atom. The molecule has 15 nitrogen and oxygen atoms in total. The van der Waals surface area contributed by atoms with Crippen LogP contribution in [0, 0.1) is 0 Å². The summed E-state index contributed by atoms with van der Waals surface area (Å²) in [5.41, 5.74) is 2.21. The second-order valence-corrected chi connectivity index (χ2v) is 14.9. The van der Waals surface area contributed by atoms with Crippen LogP contribution < -0.4 is 16.0 Å². The fourth-order valence-corrected chi connectivity index (χ4v) is 8.12. The zero-order valence-corrected chi connectivity index (χ0v) is 32.1. The standard InChI is InChI=1S/C13H10N2O4.C13H10N2O3S.C13H10N2O2S2/c16-10-6-5-9(11(17)14-10)15-12(18)7-3-1-2-4-8(7)13(15)19;16-11-9(5-6-10(19)14-11)15-12(17)7-3-1-2-4-8(7)13(15)18;16-12-7-3-1-2-4-8(7)13(17)15(12)9-5-6-10(18)14-11(9)19/h1-4,9H,5-6H2,(H,14,16,17);1-4,9H,5-6H2,(H,14,16,19);1-4,9H,5-6H2,(H,14,18,19). The predicted octanol–water partition coefficient (Wildman–Crippen LogP) is 2.67. The van der Waals surface area contributed by atoms with Crippen LogP contribution in [0.1, 0.15) is 101 Å². The lowest BCUT2D eigenvalue weighted by Crippen LogP contribution is -2.54. The molecule has 6 aliphatic rings. The summed E-state index contributed by atoms with van der Waals surface area (Å²) in [5.74, 6) is -3.67. The van der Waals surface area contributed by atoms with Crippen LogP contribution in [0.25, 0.3) is 0 Å². The van der Waals surface area contributed by atoms with Gasteiger partial charge < -0.3 is 10.6 Å². The molecule has 3 N–H and O–H groups in total. The third kappa shape index (κ3) is 7.18. The number of nitrogens with one attached hydrogen (secondary N) is 3. The third-order valence-corrected chi connectivity index (χ3v) is 11.0. The predicted molar refractivity (Wildman–Crippen MR) is 212 cm³/mol. The molecule has 3 saturated heterocycles. The fraction of sp³-hybridized carbons (Fsp3) is 0.231. The van der Waals surface area contributed by atoms with Crippen molar-refractivity contribution in [3.63, 3.8) is 0 Å². The quantitative estimate of drug-likeness (QED) is 0.258. The van der Waals surface area contributed by atoms with E-state index in [0.717, 1.165) is 9.80 Å². The summed E-state index contributed by atoms with van der Waals surface area (Å²) in [6, 6.07) is 17.8. The molecule has 0 radical (unpaired) electrons. The van der Waals surface area contributed by atoms with E-state index in [1.165, 1.54) is 4.90 Å². The van der Waals surface area contributed by atoms with Gasteiger partial charge in [0.2, 0.25) is 17.7 Å². The minimum absolute atomic E-state index is 0.129. The number of imide groups is 4. The van der Waals surface area contributed by atoms with Crippen molar-refractivity contribution in [2.45, 2.75) is 56.7 Å². The molecule has 0 bridgehead atoms. The number of hydrogen-bond donors (Lipinski definition) is 3. The van der Waals surface area contributed by atoms with Crippen LogP contribution in [0.4, 0.5) is 0 Å². The van der Waals surface area contributed by atoms with Gasteiger partial charge >= 0.3 is 0 Å². The molecule has 9 amide bonds. The summed E-state index contributed by atoms with van der Waals surface area (Å²) in [6.07, 6.45) is 2.42. The van der Waals surface area contributed by atoms with E-state index in [1.807, 2.05) is 0 Å². The van der Waals surface area contributed by atoms with Crippen molar-refractivity contribution in [2.24, 2.45) is 0 Å². The van der Waals surface area contributed by atoms with E-state index < -0.39 is 47.7 Å². The Balaban J connectivity index is 0.000000131. The van der Waals surface area contributed by atoms with Crippen molar-refractivity contribution < 1.29 is 43.2 Å². The number of rotatable bonds is 3. The number of carbonyl (C=O) groups is 9. The maximum absolute atomic E-state index is 12.3. The molecule has 3 aromatic carbocycles. The highest BCUT2D eigenvalue weighted by Gasteiger charge is 2.46. The van der Waals surface area contributed by atoms with Crippen molar-refractivity contribution in [1.29, 1.82) is 0 Å². The van der Waals surface area contributed by atoms with Crippen LogP contribution >= 0.6 is 36.7 Å². The first-order valence-electron chi connectivity index (χ1n) is 17.7. The monoisotopic (exact) mass is 822 g/mol. The van der Waals surface area contributed by atoms with Crippen LogP contribution in [0.3, 0.4) is 0 Å². The van der Waals surface area contributed by atoms with Gasteiger partial charge in [-0.25, -0.2) is 0 Å². The maximum Gasteiger partial charge on any atom is 0.262 e. The van der Waals surface area contributed by atoms with E-state index in [1.54, 1.807) is 72.8 Å². The van der Waals surface area contributed by atoms with Crippen molar-refractivity contribution >= 4 is 105 Å². The molecular weight excluding hydrogens is 793 g/mol. The van der Waals surface area contributed by atoms with Crippen LogP contribution in [-0.4, -0.2) is 101 Å². The molecule has 0 saturated carbocycles. The number of fused-ring (bicyclic) bond motifs is 3. The second kappa shape index (κ2) is 15.7. The highest BCUT2D eigenvalue weighted by atomic mass is 32.1. The van der Waals surface area contributed by atoms with Gasteiger partial charge in [0.15, 0.2) is 0 Å². The van der Waals surface area contributed by atoms with Crippen molar-refractivity contribution in [1.82, 2.24) is 30.7 Å². The van der Waals surface area contributed by atoms with E-state index in [0.29, 0.717) is 74.0 Å². The maximum atomic E-state index is 12.3. The molecule has 9 rings (SSSR count). The number of nitrogens with zero attached hydrogens (tertiary/aromatic N) is 3. The Hall–Kier alpha value is -6.24. The molecule has 0 aliphatic carbocycles. The molecule has 18 heteroatoms. The normalized spacial score (nSPS) is 22.5.